The third kappa shape index (κ3) is 4.24. The van der Waals surface area contributed by atoms with E-state index in [1.165, 1.54) is 0 Å². The summed E-state index contributed by atoms with van der Waals surface area (Å²) in [5.41, 5.74) is 2.11. The number of carbonyl (C=O) groups excluding carboxylic acids is 1. The van der Waals surface area contributed by atoms with E-state index in [1.54, 1.807) is 14.2 Å². The van der Waals surface area contributed by atoms with Gasteiger partial charge < -0.3 is 19.3 Å². The molecule has 30 heavy (non-hydrogen) atoms. The van der Waals surface area contributed by atoms with Gasteiger partial charge in [0.2, 0.25) is 5.91 Å². The fraction of sp³-hybridized carbons (Fsp3) is 0.292. The number of nitrogens with zero attached hydrogens (tertiary/aromatic N) is 2. The number of fused-ring (bicyclic) bond motifs is 1. The van der Waals surface area contributed by atoms with Gasteiger partial charge in [0, 0.05) is 41.9 Å². The summed E-state index contributed by atoms with van der Waals surface area (Å²) in [5, 5.41) is 2.15. The van der Waals surface area contributed by atoms with Crippen LogP contribution in [0.3, 0.4) is 0 Å². The molecule has 6 heteroatoms. The van der Waals surface area contributed by atoms with Crippen molar-refractivity contribution in [3.8, 4) is 11.5 Å². The summed E-state index contributed by atoms with van der Waals surface area (Å²) in [4.78, 5) is 17.4. The Morgan fingerprint density at radius 2 is 1.67 bits per heavy atom. The molecule has 1 aliphatic rings. The van der Waals surface area contributed by atoms with Crippen LogP contribution in [0, 0.1) is 0 Å². The van der Waals surface area contributed by atoms with Crippen LogP contribution in [0.1, 0.15) is 5.56 Å². The fourth-order valence-electron chi connectivity index (χ4n) is 3.99. The molecule has 1 heterocycles. The van der Waals surface area contributed by atoms with Crippen LogP contribution in [0.4, 0.5) is 5.69 Å². The lowest BCUT2D eigenvalue weighted by molar-refractivity contribution is -0.130. The highest BCUT2D eigenvalue weighted by Crippen LogP contribution is 2.31. The molecule has 1 fully saturated rings. The molecular weight excluding hydrogens is 444 g/mol. The number of ether oxygens (including phenoxy) is 2. The predicted molar refractivity (Wildman–Crippen MR) is 124 cm³/mol. The molecule has 1 saturated heterocycles. The Morgan fingerprint density at radius 1 is 0.933 bits per heavy atom. The van der Waals surface area contributed by atoms with Gasteiger partial charge in [0.05, 0.1) is 20.6 Å². The minimum Gasteiger partial charge on any atom is -0.497 e. The number of benzene rings is 3. The Kier molecular flexibility index (Phi) is 6.13. The number of piperazine rings is 1. The zero-order chi connectivity index (χ0) is 21.1. The molecule has 3 aromatic carbocycles. The number of methoxy groups -OCH3 is 2. The lowest BCUT2D eigenvalue weighted by Crippen LogP contribution is -2.49. The second-order valence-electron chi connectivity index (χ2n) is 7.35. The first kappa shape index (κ1) is 20.5. The van der Waals surface area contributed by atoms with Gasteiger partial charge in [-0.25, -0.2) is 0 Å². The smallest absolute Gasteiger partial charge is 0.227 e. The SMILES string of the molecule is COc1ccc(N2CCN(C(=O)Cc3c(OC)ccc4cc(Br)ccc34)CC2)cc1. The molecule has 0 bridgehead atoms. The maximum Gasteiger partial charge on any atom is 0.227 e. The van der Waals surface area contributed by atoms with Crippen molar-refractivity contribution in [2.75, 3.05) is 45.3 Å². The highest BCUT2D eigenvalue weighted by molar-refractivity contribution is 9.10. The maximum absolute atomic E-state index is 13.1. The summed E-state index contributed by atoms with van der Waals surface area (Å²) in [5.74, 6) is 1.75. The van der Waals surface area contributed by atoms with Crippen molar-refractivity contribution in [3.63, 3.8) is 0 Å². The van der Waals surface area contributed by atoms with E-state index in [4.69, 9.17) is 9.47 Å². The quantitative estimate of drug-likeness (QED) is 0.552. The number of halogens is 1. The van der Waals surface area contributed by atoms with Crippen LogP contribution in [0.5, 0.6) is 11.5 Å². The van der Waals surface area contributed by atoms with Gasteiger partial charge in [-0.1, -0.05) is 28.1 Å². The molecule has 0 N–H and O–H groups in total. The number of carbonyl (C=O) groups is 1. The first-order valence-electron chi connectivity index (χ1n) is 10.0. The molecule has 1 amide bonds. The number of hydrogen-bond donors (Lipinski definition) is 0. The van der Waals surface area contributed by atoms with E-state index in [1.807, 2.05) is 41.3 Å². The minimum absolute atomic E-state index is 0.137. The van der Waals surface area contributed by atoms with Crippen molar-refractivity contribution in [2.45, 2.75) is 6.42 Å². The summed E-state index contributed by atoms with van der Waals surface area (Å²) in [6.45, 7) is 3.06. The van der Waals surface area contributed by atoms with E-state index in [9.17, 15) is 4.79 Å². The third-order valence-corrected chi connectivity index (χ3v) is 6.16. The first-order valence-corrected chi connectivity index (χ1v) is 10.8. The normalized spacial score (nSPS) is 14.1. The van der Waals surface area contributed by atoms with E-state index in [0.29, 0.717) is 19.5 Å². The van der Waals surface area contributed by atoms with Crippen LogP contribution in [-0.4, -0.2) is 51.2 Å². The van der Waals surface area contributed by atoms with Crippen LogP contribution < -0.4 is 14.4 Å². The van der Waals surface area contributed by atoms with Gasteiger partial charge in [-0.15, -0.1) is 0 Å². The van der Waals surface area contributed by atoms with E-state index < -0.39 is 0 Å². The van der Waals surface area contributed by atoms with Gasteiger partial charge in [0.25, 0.3) is 0 Å². The molecule has 4 rings (SSSR count). The van der Waals surface area contributed by atoms with Gasteiger partial charge >= 0.3 is 0 Å². The van der Waals surface area contributed by atoms with Crippen LogP contribution >= 0.6 is 15.9 Å². The topological polar surface area (TPSA) is 42.0 Å². The number of anilines is 1. The summed E-state index contributed by atoms with van der Waals surface area (Å²) in [6.07, 6.45) is 0.338. The number of hydrogen-bond acceptors (Lipinski definition) is 4. The van der Waals surface area contributed by atoms with Gasteiger partial charge in [-0.3, -0.25) is 4.79 Å². The molecule has 0 saturated carbocycles. The molecule has 0 radical (unpaired) electrons. The third-order valence-electron chi connectivity index (χ3n) is 5.67. The van der Waals surface area contributed by atoms with Gasteiger partial charge in [0.15, 0.2) is 0 Å². The summed E-state index contributed by atoms with van der Waals surface area (Å²) < 4.78 is 11.8. The Labute approximate surface area is 185 Å². The lowest BCUT2D eigenvalue weighted by atomic mass is 10.00. The van der Waals surface area contributed by atoms with Crippen LogP contribution in [0.15, 0.2) is 59.1 Å². The Hall–Kier alpha value is -2.73. The average Bonchev–Trinajstić information content (AvgIpc) is 2.79. The molecule has 3 aromatic rings. The molecular formula is C24H25BrN2O3. The molecule has 0 unspecified atom stereocenters. The Morgan fingerprint density at radius 3 is 2.33 bits per heavy atom. The van der Waals surface area contributed by atoms with Crippen LogP contribution in [-0.2, 0) is 11.2 Å². The molecule has 0 atom stereocenters. The van der Waals surface area contributed by atoms with E-state index in [-0.39, 0.29) is 5.91 Å². The van der Waals surface area contributed by atoms with Crippen molar-refractivity contribution >= 4 is 38.3 Å². The summed E-state index contributed by atoms with van der Waals surface area (Å²) in [6, 6.07) is 18.2. The van der Waals surface area contributed by atoms with Crippen LogP contribution in [0.25, 0.3) is 10.8 Å². The second-order valence-corrected chi connectivity index (χ2v) is 8.27. The molecule has 1 aliphatic heterocycles. The van der Waals surface area contributed by atoms with Crippen molar-refractivity contribution in [3.05, 3.63) is 64.6 Å². The van der Waals surface area contributed by atoms with Gasteiger partial charge in [-0.2, -0.15) is 0 Å². The van der Waals surface area contributed by atoms with Crippen LogP contribution in [0.2, 0.25) is 0 Å². The van der Waals surface area contributed by atoms with Crippen molar-refractivity contribution in [1.29, 1.82) is 0 Å². The number of amides is 1. The second kappa shape index (κ2) is 8.96. The Balaban J connectivity index is 1.46. The van der Waals surface area contributed by atoms with Crippen molar-refractivity contribution in [2.24, 2.45) is 0 Å². The standard InChI is InChI=1S/C24H25BrN2O3/c1-29-20-7-5-19(6-8-20)26-11-13-27(14-12-26)24(28)16-22-21-9-4-18(25)15-17(21)3-10-23(22)30-2/h3-10,15H,11-14,16H2,1-2H3. The van der Waals surface area contributed by atoms with Gasteiger partial charge in [-0.05, 0) is 53.2 Å². The van der Waals surface area contributed by atoms with Crippen molar-refractivity contribution in [1.82, 2.24) is 4.90 Å². The summed E-state index contributed by atoms with van der Waals surface area (Å²) >= 11 is 3.52. The molecule has 0 aliphatic carbocycles. The monoisotopic (exact) mass is 468 g/mol. The zero-order valence-electron chi connectivity index (χ0n) is 17.2. The largest absolute Gasteiger partial charge is 0.497 e. The average molecular weight is 469 g/mol. The Bertz CT molecular complexity index is 1040. The van der Waals surface area contributed by atoms with E-state index in [0.717, 1.165) is 51.1 Å². The molecule has 0 spiro atoms. The van der Waals surface area contributed by atoms with Gasteiger partial charge in [0.1, 0.15) is 11.5 Å². The van der Waals surface area contributed by atoms with E-state index >= 15 is 0 Å². The molecule has 0 aromatic heterocycles. The zero-order valence-corrected chi connectivity index (χ0v) is 18.8. The summed E-state index contributed by atoms with van der Waals surface area (Å²) in [7, 11) is 3.32. The first-order chi connectivity index (χ1) is 14.6. The number of rotatable bonds is 5. The highest BCUT2D eigenvalue weighted by atomic mass is 79.9. The fourth-order valence-corrected chi connectivity index (χ4v) is 4.37. The molecule has 5 nitrogen and oxygen atoms in total. The minimum atomic E-state index is 0.137. The maximum atomic E-state index is 13.1. The predicted octanol–water partition coefficient (Wildman–Crippen LogP) is 4.51. The van der Waals surface area contributed by atoms with E-state index in [2.05, 4.69) is 39.0 Å². The molecule has 156 valence electrons. The van der Waals surface area contributed by atoms with Crippen molar-refractivity contribution < 1.29 is 14.3 Å². The highest BCUT2D eigenvalue weighted by Gasteiger charge is 2.23. The lowest BCUT2D eigenvalue weighted by Gasteiger charge is -2.36.